The van der Waals surface area contributed by atoms with Gasteiger partial charge in [-0.05, 0) is 17.7 Å². The molecular formula is C16H26N2O2. The lowest BCUT2D eigenvalue weighted by Crippen LogP contribution is -2.27. The Morgan fingerprint density at radius 1 is 1.15 bits per heavy atom. The van der Waals surface area contributed by atoms with Crippen molar-refractivity contribution < 1.29 is 9.47 Å². The zero-order valence-electron chi connectivity index (χ0n) is 12.8. The highest BCUT2D eigenvalue weighted by molar-refractivity contribution is 5.23. The molecule has 0 bridgehead atoms. The normalized spacial score (nSPS) is 23.4. The molecule has 1 saturated heterocycles. The first kappa shape index (κ1) is 15.4. The summed E-state index contributed by atoms with van der Waals surface area (Å²) in [6, 6.07) is 8.79. The first-order valence-corrected chi connectivity index (χ1v) is 7.33. The van der Waals surface area contributed by atoms with E-state index in [-0.39, 0.29) is 12.2 Å². The molecule has 4 heteroatoms. The minimum Gasteiger partial charge on any atom is -0.377 e. The highest BCUT2D eigenvalue weighted by Crippen LogP contribution is 2.18. The Labute approximate surface area is 122 Å². The summed E-state index contributed by atoms with van der Waals surface area (Å²) >= 11 is 0. The van der Waals surface area contributed by atoms with Gasteiger partial charge in [-0.3, -0.25) is 4.90 Å². The van der Waals surface area contributed by atoms with Crippen LogP contribution in [0, 0.1) is 0 Å². The third-order valence-electron chi connectivity index (χ3n) is 3.87. The summed E-state index contributed by atoms with van der Waals surface area (Å²) in [5.41, 5.74) is 2.70. The van der Waals surface area contributed by atoms with Gasteiger partial charge in [-0.1, -0.05) is 31.2 Å². The van der Waals surface area contributed by atoms with Crippen LogP contribution >= 0.6 is 0 Å². The molecular weight excluding hydrogens is 252 g/mol. The molecule has 0 aromatic heterocycles. The Kier molecular flexibility index (Phi) is 5.98. The smallest absolute Gasteiger partial charge is 0.0971 e. The lowest BCUT2D eigenvalue weighted by atomic mass is 10.1. The van der Waals surface area contributed by atoms with Crippen molar-refractivity contribution in [2.24, 2.45) is 0 Å². The number of nitrogens with zero attached hydrogens (tertiary/aromatic N) is 1. The molecule has 1 aliphatic heterocycles. The Bertz CT molecular complexity index is 399. The maximum atomic E-state index is 5.48. The van der Waals surface area contributed by atoms with E-state index in [2.05, 4.69) is 41.4 Å². The fraction of sp³-hybridized carbons (Fsp3) is 0.625. The van der Waals surface area contributed by atoms with Crippen LogP contribution < -0.4 is 5.32 Å². The number of hydrogen-bond acceptors (Lipinski definition) is 4. The number of ether oxygens (including phenoxy) is 2. The highest BCUT2D eigenvalue weighted by Gasteiger charge is 2.32. The van der Waals surface area contributed by atoms with Crippen LogP contribution in [0.4, 0.5) is 0 Å². The monoisotopic (exact) mass is 278 g/mol. The van der Waals surface area contributed by atoms with E-state index in [1.54, 1.807) is 14.2 Å². The van der Waals surface area contributed by atoms with Crippen LogP contribution in [-0.2, 0) is 22.6 Å². The molecule has 0 amide bonds. The van der Waals surface area contributed by atoms with Crippen LogP contribution in [0.2, 0.25) is 0 Å². The fourth-order valence-electron chi connectivity index (χ4n) is 2.77. The average molecular weight is 278 g/mol. The van der Waals surface area contributed by atoms with Gasteiger partial charge in [-0.15, -0.1) is 0 Å². The Morgan fingerprint density at radius 2 is 1.80 bits per heavy atom. The first-order chi connectivity index (χ1) is 9.76. The second-order valence-corrected chi connectivity index (χ2v) is 5.34. The van der Waals surface area contributed by atoms with E-state index >= 15 is 0 Å². The van der Waals surface area contributed by atoms with E-state index in [1.165, 1.54) is 11.1 Å². The van der Waals surface area contributed by atoms with Gasteiger partial charge in [0.25, 0.3) is 0 Å². The van der Waals surface area contributed by atoms with Gasteiger partial charge in [0.2, 0.25) is 0 Å². The maximum absolute atomic E-state index is 5.48. The van der Waals surface area contributed by atoms with E-state index < -0.39 is 0 Å². The van der Waals surface area contributed by atoms with Crippen LogP contribution in [-0.4, -0.2) is 51.0 Å². The molecule has 2 atom stereocenters. The lowest BCUT2D eigenvalue weighted by molar-refractivity contribution is -0.00461. The molecule has 1 aliphatic rings. The molecule has 1 aromatic rings. The summed E-state index contributed by atoms with van der Waals surface area (Å²) < 4.78 is 11.0. The van der Waals surface area contributed by atoms with Crippen molar-refractivity contribution in [3.63, 3.8) is 0 Å². The lowest BCUT2D eigenvalue weighted by Gasteiger charge is -2.16. The Hall–Kier alpha value is -0.940. The van der Waals surface area contributed by atoms with Crippen molar-refractivity contribution in [1.82, 2.24) is 10.2 Å². The second kappa shape index (κ2) is 7.74. The molecule has 2 unspecified atom stereocenters. The van der Waals surface area contributed by atoms with Crippen molar-refractivity contribution in [3.8, 4) is 0 Å². The molecule has 20 heavy (non-hydrogen) atoms. The maximum Gasteiger partial charge on any atom is 0.0971 e. The molecule has 0 saturated carbocycles. The minimum atomic E-state index is 0.185. The van der Waals surface area contributed by atoms with E-state index in [4.69, 9.17) is 9.47 Å². The van der Waals surface area contributed by atoms with Gasteiger partial charge in [0.1, 0.15) is 0 Å². The summed E-state index contributed by atoms with van der Waals surface area (Å²) in [5, 5.41) is 3.36. The largest absolute Gasteiger partial charge is 0.377 e. The van der Waals surface area contributed by atoms with Crippen LogP contribution in [0.15, 0.2) is 24.3 Å². The van der Waals surface area contributed by atoms with Crippen LogP contribution in [0.25, 0.3) is 0 Å². The van der Waals surface area contributed by atoms with E-state index in [1.807, 2.05) is 0 Å². The van der Waals surface area contributed by atoms with Crippen molar-refractivity contribution in [3.05, 3.63) is 35.4 Å². The number of likely N-dealkylation sites (tertiary alicyclic amines) is 1. The van der Waals surface area contributed by atoms with Gasteiger partial charge < -0.3 is 14.8 Å². The summed E-state index contributed by atoms with van der Waals surface area (Å²) in [6.07, 6.45) is 0.370. The molecule has 1 fully saturated rings. The van der Waals surface area contributed by atoms with Crippen LogP contribution in [0.5, 0.6) is 0 Å². The zero-order chi connectivity index (χ0) is 14.4. The van der Waals surface area contributed by atoms with Crippen LogP contribution in [0.1, 0.15) is 18.1 Å². The quantitative estimate of drug-likeness (QED) is 0.822. The van der Waals surface area contributed by atoms with Crippen molar-refractivity contribution in [1.29, 1.82) is 0 Å². The summed E-state index contributed by atoms with van der Waals surface area (Å²) in [5.74, 6) is 0. The first-order valence-electron chi connectivity index (χ1n) is 7.33. The SMILES string of the molecule is CCNCc1cccc(CN2CC(OC)C(OC)C2)c1. The van der Waals surface area contributed by atoms with E-state index in [0.29, 0.717) is 0 Å². The highest BCUT2D eigenvalue weighted by atomic mass is 16.5. The molecule has 1 N–H and O–H groups in total. The number of methoxy groups -OCH3 is 2. The number of rotatable bonds is 7. The van der Waals surface area contributed by atoms with Crippen molar-refractivity contribution >= 4 is 0 Å². The van der Waals surface area contributed by atoms with Gasteiger partial charge in [0.15, 0.2) is 0 Å². The average Bonchev–Trinajstić information content (AvgIpc) is 2.87. The van der Waals surface area contributed by atoms with E-state index in [0.717, 1.165) is 32.7 Å². The number of benzene rings is 1. The van der Waals surface area contributed by atoms with Gasteiger partial charge in [-0.25, -0.2) is 0 Å². The second-order valence-electron chi connectivity index (χ2n) is 5.34. The summed E-state index contributed by atoms with van der Waals surface area (Å²) in [4.78, 5) is 2.40. The van der Waals surface area contributed by atoms with E-state index in [9.17, 15) is 0 Å². The molecule has 0 aliphatic carbocycles. The number of nitrogens with one attached hydrogen (secondary N) is 1. The predicted molar refractivity (Wildman–Crippen MR) is 80.7 cm³/mol. The van der Waals surface area contributed by atoms with Crippen molar-refractivity contribution in [2.75, 3.05) is 33.9 Å². The Balaban J connectivity index is 1.93. The molecule has 1 heterocycles. The third-order valence-corrected chi connectivity index (χ3v) is 3.87. The summed E-state index contributed by atoms with van der Waals surface area (Å²) in [6.45, 7) is 6.90. The van der Waals surface area contributed by atoms with Gasteiger partial charge in [-0.2, -0.15) is 0 Å². The standard InChI is InChI=1S/C16H26N2O2/c1-4-17-9-13-6-5-7-14(8-13)10-18-11-15(19-2)16(12-18)20-3/h5-8,15-17H,4,9-12H2,1-3H3. The van der Waals surface area contributed by atoms with Crippen LogP contribution in [0.3, 0.4) is 0 Å². The zero-order valence-corrected chi connectivity index (χ0v) is 12.8. The molecule has 4 nitrogen and oxygen atoms in total. The van der Waals surface area contributed by atoms with Gasteiger partial charge >= 0.3 is 0 Å². The van der Waals surface area contributed by atoms with Gasteiger partial charge in [0.05, 0.1) is 12.2 Å². The molecule has 1 aromatic carbocycles. The third kappa shape index (κ3) is 4.03. The Morgan fingerprint density at radius 3 is 2.40 bits per heavy atom. The summed E-state index contributed by atoms with van der Waals surface area (Å²) in [7, 11) is 3.52. The minimum absolute atomic E-state index is 0.185. The van der Waals surface area contributed by atoms with Crippen molar-refractivity contribution in [2.45, 2.75) is 32.2 Å². The molecule has 2 rings (SSSR count). The number of hydrogen-bond donors (Lipinski definition) is 1. The van der Waals surface area contributed by atoms with Gasteiger partial charge in [0, 0.05) is 40.4 Å². The molecule has 0 radical (unpaired) electrons. The molecule has 0 spiro atoms. The molecule has 112 valence electrons. The topological polar surface area (TPSA) is 33.7 Å². The predicted octanol–water partition coefficient (Wildman–Crippen LogP) is 1.64. The fourth-order valence-corrected chi connectivity index (χ4v) is 2.77.